The maximum atomic E-state index is 11.8. The van der Waals surface area contributed by atoms with Gasteiger partial charge in [0.25, 0.3) is 5.56 Å². The highest BCUT2D eigenvalue weighted by Gasteiger charge is 2.20. The number of ether oxygens (including phenoxy) is 1. The third-order valence-corrected chi connectivity index (χ3v) is 2.79. The van der Waals surface area contributed by atoms with Crippen LogP contribution in [0.25, 0.3) is 11.2 Å². The molecule has 0 radical (unpaired) electrons. The maximum Gasteiger partial charge on any atom is 0.329 e. The summed E-state index contributed by atoms with van der Waals surface area (Å²) in [5.41, 5.74) is -0.751. The Morgan fingerprint density at radius 2 is 2.17 bits per heavy atom. The highest BCUT2D eigenvalue weighted by molar-refractivity contribution is 5.78. The Kier molecular flexibility index (Phi) is 2.77. The summed E-state index contributed by atoms with van der Waals surface area (Å²) in [5.74, 6) is -0.498. The monoisotopic (exact) mass is 252 g/mol. The topological polar surface area (TPSA) is 99.0 Å². The Labute approximate surface area is 101 Å². The highest BCUT2D eigenvalue weighted by Crippen LogP contribution is 2.13. The molecule has 0 fully saturated rings. The van der Waals surface area contributed by atoms with Gasteiger partial charge in [-0.25, -0.2) is 14.6 Å². The van der Waals surface area contributed by atoms with Crippen molar-refractivity contribution in [3.63, 3.8) is 0 Å². The van der Waals surface area contributed by atoms with Crippen molar-refractivity contribution in [1.82, 2.24) is 19.1 Å². The molecule has 0 aliphatic heterocycles. The molecular formula is C10H12N4O4. The summed E-state index contributed by atoms with van der Waals surface area (Å²) in [4.78, 5) is 40.8. The summed E-state index contributed by atoms with van der Waals surface area (Å²) in [5, 5.41) is 0. The minimum atomic E-state index is -0.696. The zero-order valence-corrected chi connectivity index (χ0v) is 10.1. The van der Waals surface area contributed by atoms with Gasteiger partial charge >= 0.3 is 11.7 Å². The second-order valence-corrected chi connectivity index (χ2v) is 3.84. The van der Waals surface area contributed by atoms with Gasteiger partial charge in [0.1, 0.15) is 6.04 Å². The number of aromatic amines is 1. The molecule has 2 rings (SSSR count). The quantitative estimate of drug-likeness (QED) is 0.702. The average molecular weight is 252 g/mol. The number of aromatic nitrogens is 4. The van der Waals surface area contributed by atoms with Gasteiger partial charge in [0, 0.05) is 7.05 Å². The first kappa shape index (κ1) is 12.1. The molecule has 0 amide bonds. The van der Waals surface area contributed by atoms with Gasteiger partial charge in [0.15, 0.2) is 11.2 Å². The molecule has 1 unspecified atom stereocenters. The van der Waals surface area contributed by atoms with Gasteiger partial charge in [0.2, 0.25) is 0 Å². The van der Waals surface area contributed by atoms with Crippen molar-refractivity contribution in [1.29, 1.82) is 0 Å². The number of H-pyrrole nitrogens is 1. The van der Waals surface area contributed by atoms with Crippen LogP contribution in [0.5, 0.6) is 0 Å². The number of hydrogen-bond donors (Lipinski definition) is 1. The van der Waals surface area contributed by atoms with Crippen LogP contribution in [0.1, 0.15) is 13.0 Å². The summed E-state index contributed by atoms with van der Waals surface area (Å²) in [6, 6.07) is -0.696. The van der Waals surface area contributed by atoms with E-state index in [1.807, 2.05) is 0 Å². The standard InChI is InChI=1S/C10H12N4O4/c1-5(9(16)18-3)14-4-11-7-6(14)8(15)12-10(17)13(7)2/h4-5H,1-3H3,(H,12,15,17). The van der Waals surface area contributed by atoms with E-state index in [1.54, 1.807) is 6.92 Å². The fourth-order valence-corrected chi connectivity index (χ4v) is 1.73. The van der Waals surface area contributed by atoms with Crippen molar-refractivity contribution in [2.45, 2.75) is 13.0 Å². The number of nitrogens with one attached hydrogen (secondary N) is 1. The van der Waals surface area contributed by atoms with Crippen molar-refractivity contribution in [2.24, 2.45) is 7.05 Å². The van der Waals surface area contributed by atoms with E-state index in [1.165, 1.54) is 29.6 Å². The lowest BCUT2D eigenvalue weighted by Crippen LogP contribution is -2.30. The van der Waals surface area contributed by atoms with Crippen LogP contribution in [0, 0.1) is 0 Å². The van der Waals surface area contributed by atoms with Gasteiger partial charge in [0.05, 0.1) is 13.4 Å². The Morgan fingerprint density at radius 1 is 1.50 bits per heavy atom. The second kappa shape index (κ2) is 4.13. The first-order chi connectivity index (χ1) is 8.47. The SMILES string of the molecule is COC(=O)C(C)n1cnc2c1c(=O)[nH]c(=O)n2C. The molecule has 1 N–H and O–H groups in total. The summed E-state index contributed by atoms with van der Waals surface area (Å²) in [6.45, 7) is 1.58. The summed E-state index contributed by atoms with van der Waals surface area (Å²) >= 11 is 0. The van der Waals surface area contributed by atoms with Crippen LogP contribution >= 0.6 is 0 Å². The zero-order chi connectivity index (χ0) is 13.4. The number of hydrogen-bond acceptors (Lipinski definition) is 5. The molecule has 8 heteroatoms. The normalized spacial score (nSPS) is 12.6. The third kappa shape index (κ3) is 1.62. The van der Waals surface area contributed by atoms with Crippen LogP contribution in [0.4, 0.5) is 0 Å². The number of carbonyl (C=O) groups excluding carboxylic acids is 1. The molecule has 1 atom stereocenters. The Hall–Kier alpha value is -2.38. The molecule has 0 saturated heterocycles. The van der Waals surface area contributed by atoms with E-state index in [9.17, 15) is 14.4 Å². The smallest absolute Gasteiger partial charge is 0.329 e. The van der Waals surface area contributed by atoms with E-state index in [4.69, 9.17) is 0 Å². The third-order valence-electron chi connectivity index (χ3n) is 2.79. The number of carbonyl (C=O) groups is 1. The van der Waals surface area contributed by atoms with Crippen molar-refractivity contribution in [2.75, 3.05) is 7.11 Å². The van der Waals surface area contributed by atoms with Crippen molar-refractivity contribution in [3.8, 4) is 0 Å². The average Bonchev–Trinajstić information content (AvgIpc) is 2.79. The number of imidazole rings is 1. The molecule has 0 saturated carbocycles. The van der Waals surface area contributed by atoms with E-state index in [2.05, 4.69) is 14.7 Å². The highest BCUT2D eigenvalue weighted by atomic mass is 16.5. The molecular weight excluding hydrogens is 240 g/mol. The van der Waals surface area contributed by atoms with Crippen molar-refractivity contribution < 1.29 is 9.53 Å². The molecule has 0 spiro atoms. The van der Waals surface area contributed by atoms with Gasteiger partial charge in [-0.1, -0.05) is 0 Å². The molecule has 0 aliphatic carbocycles. The molecule has 0 aliphatic rings. The largest absolute Gasteiger partial charge is 0.467 e. The van der Waals surface area contributed by atoms with E-state index in [0.717, 1.165) is 0 Å². The van der Waals surface area contributed by atoms with Gasteiger partial charge < -0.3 is 9.30 Å². The minimum absolute atomic E-state index is 0.162. The molecule has 0 bridgehead atoms. The second-order valence-electron chi connectivity index (χ2n) is 3.84. The Morgan fingerprint density at radius 3 is 2.78 bits per heavy atom. The summed E-state index contributed by atoms with van der Waals surface area (Å²) in [6.07, 6.45) is 1.33. The molecule has 18 heavy (non-hydrogen) atoms. The fourth-order valence-electron chi connectivity index (χ4n) is 1.73. The number of nitrogens with zero attached hydrogens (tertiary/aromatic N) is 3. The van der Waals surface area contributed by atoms with E-state index >= 15 is 0 Å². The first-order valence-electron chi connectivity index (χ1n) is 5.21. The first-order valence-corrected chi connectivity index (χ1v) is 5.21. The fraction of sp³-hybridized carbons (Fsp3) is 0.400. The van der Waals surface area contributed by atoms with Crippen LogP contribution in [-0.2, 0) is 16.6 Å². The molecule has 2 aromatic heterocycles. The predicted molar refractivity (Wildman–Crippen MR) is 62.3 cm³/mol. The maximum absolute atomic E-state index is 11.8. The van der Waals surface area contributed by atoms with Crippen LogP contribution in [0.3, 0.4) is 0 Å². The van der Waals surface area contributed by atoms with E-state index in [-0.39, 0.29) is 11.2 Å². The summed E-state index contributed by atoms with van der Waals surface area (Å²) in [7, 11) is 2.75. The van der Waals surface area contributed by atoms with Crippen LogP contribution in [-0.4, -0.2) is 32.2 Å². The Balaban J connectivity index is 2.76. The molecule has 2 heterocycles. The zero-order valence-electron chi connectivity index (χ0n) is 10.1. The van der Waals surface area contributed by atoms with Crippen molar-refractivity contribution >= 4 is 17.1 Å². The molecule has 0 aromatic carbocycles. The Bertz CT molecular complexity index is 724. The van der Waals surface area contributed by atoms with Gasteiger partial charge in [-0.15, -0.1) is 0 Å². The van der Waals surface area contributed by atoms with Gasteiger partial charge in [-0.05, 0) is 6.92 Å². The molecule has 8 nitrogen and oxygen atoms in total. The minimum Gasteiger partial charge on any atom is -0.467 e. The van der Waals surface area contributed by atoms with E-state index < -0.39 is 23.3 Å². The molecule has 96 valence electrons. The number of esters is 1. The molecule has 2 aromatic rings. The van der Waals surface area contributed by atoms with Crippen LogP contribution < -0.4 is 11.2 Å². The van der Waals surface area contributed by atoms with Crippen molar-refractivity contribution in [3.05, 3.63) is 27.2 Å². The van der Waals surface area contributed by atoms with Gasteiger partial charge in [-0.3, -0.25) is 14.3 Å². The number of aryl methyl sites for hydroxylation is 1. The van der Waals surface area contributed by atoms with Gasteiger partial charge in [-0.2, -0.15) is 0 Å². The van der Waals surface area contributed by atoms with Crippen LogP contribution in [0.15, 0.2) is 15.9 Å². The predicted octanol–water partition coefficient (Wildman–Crippen LogP) is -0.843. The number of rotatable bonds is 2. The summed E-state index contributed by atoms with van der Waals surface area (Å²) < 4.78 is 7.19. The number of methoxy groups -OCH3 is 1. The number of fused-ring (bicyclic) bond motifs is 1. The lowest BCUT2D eigenvalue weighted by Gasteiger charge is -2.11. The van der Waals surface area contributed by atoms with Crippen LogP contribution in [0.2, 0.25) is 0 Å². The lowest BCUT2D eigenvalue weighted by atomic mass is 10.3. The van der Waals surface area contributed by atoms with E-state index in [0.29, 0.717) is 0 Å². The lowest BCUT2D eigenvalue weighted by molar-refractivity contribution is -0.143.